The Bertz CT molecular complexity index is 721. The second-order valence-corrected chi connectivity index (χ2v) is 9.36. The van der Waals surface area contributed by atoms with Crippen molar-refractivity contribution in [1.29, 1.82) is 0 Å². The van der Waals surface area contributed by atoms with E-state index < -0.39 is 20.0 Å². The lowest BCUT2D eigenvalue weighted by molar-refractivity contribution is -0.144. The smallest absolute Gasteiger partial charge is 0.469 e. The number of piperidine rings is 1. The summed E-state index contributed by atoms with van der Waals surface area (Å²) in [6.07, 6.45) is 3.81. The summed E-state index contributed by atoms with van der Waals surface area (Å²) in [4.78, 5) is 21.0. The van der Waals surface area contributed by atoms with Crippen molar-refractivity contribution in [3.8, 4) is 5.75 Å². The van der Waals surface area contributed by atoms with Crippen LogP contribution < -0.4 is 4.74 Å². The fourth-order valence-electron chi connectivity index (χ4n) is 5.61. The van der Waals surface area contributed by atoms with Crippen LogP contribution >= 0.6 is 7.82 Å². The Morgan fingerprint density at radius 3 is 2.67 bits per heavy atom. The predicted octanol–water partition coefficient (Wildman–Crippen LogP) is 2.09. The van der Waals surface area contributed by atoms with Crippen LogP contribution in [0.4, 0.5) is 0 Å². The second-order valence-electron chi connectivity index (χ2n) is 8.17. The minimum Gasteiger partial charge on any atom is -0.497 e. The number of fused-ring (bicyclic) bond motifs is 1. The van der Waals surface area contributed by atoms with Gasteiger partial charge in [-0.2, -0.15) is 0 Å². The summed E-state index contributed by atoms with van der Waals surface area (Å²) in [5, 5.41) is 11.2. The van der Waals surface area contributed by atoms with Crippen LogP contribution in [0.2, 0.25) is 0 Å². The van der Waals surface area contributed by atoms with Gasteiger partial charge in [-0.15, -0.1) is 0 Å². The van der Waals surface area contributed by atoms with Gasteiger partial charge in [-0.05, 0) is 62.8 Å². The average molecular weight is 397 g/mol. The van der Waals surface area contributed by atoms with E-state index in [0.717, 1.165) is 43.5 Å². The summed E-state index contributed by atoms with van der Waals surface area (Å²) >= 11 is 0. The molecule has 0 unspecified atom stereocenters. The zero-order valence-corrected chi connectivity index (χ0v) is 16.4. The van der Waals surface area contributed by atoms with Crippen LogP contribution in [-0.4, -0.2) is 57.2 Å². The molecule has 0 amide bonds. The van der Waals surface area contributed by atoms with E-state index in [1.54, 1.807) is 7.11 Å². The molecule has 0 aromatic heterocycles. The van der Waals surface area contributed by atoms with Gasteiger partial charge < -0.3 is 19.6 Å². The molecular formula is C19H28NO6P. The number of ether oxygens (including phenoxy) is 1. The fourth-order valence-corrected chi connectivity index (χ4v) is 6.23. The fraction of sp³-hybridized carbons (Fsp3) is 0.684. The highest BCUT2D eigenvalue weighted by Crippen LogP contribution is 2.54. The number of methoxy groups -OCH3 is 1. The van der Waals surface area contributed by atoms with Crippen molar-refractivity contribution in [1.82, 2.24) is 4.90 Å². The van der Waals surface area contributed by atoms with Crippen LogP contribution in [0, 0.1) is 5.92 Å². The maximum absolute atomic E-state index is 11.4. The highest BCUT2D eigenvalue weighted by atomic mass is 31.2. The molecule has 2 aliphatic heterocycles. The van der Waals surface area contributed by atoms with Crippen molar-refractivity contribution >= 4 is 7.82 Å². The number of hydrogen-bond acceptors (Lipinski definition) is 5. The standard InChI is InChI=1S/C19H28NO6P/c1-25-14-5-3-13(4-6-14)11-16-18(21)15-12-19(8-2-10-20(16)19)9-7-17(15)26-27(22,23)24/h3-6,15-18,21H,2,7-12H2,1H3,(H2,22,23,24)/t15-,16-,17+,18-,19-/m0/s1. The number of hydrogen-bond donors (Lipinski definition) is 3. The molecule has 1 aromatic carbocycles. The Labute approximate surface area is 159 Å². The molecule has 4 rings (SSSR count). The first kappa shape index (κ1) is 19.4. The van der Waals surface area contributed by atoms with Gasteiger partial charge in [-0.25, -0.2) is 4.57 Å². The van der Waals surface area contributed by atoms with E-state index >= 15 is 0 Å². The summed E-state index contributed by atoms with van der Waals surface area (Å²) in [7, 11) is -2.94. The second kappa shape index (κ2) is 7.14. The highest BCUT2D eigenvalue weighted by Gasteiger charge is 2.57. The first-order valence-electron chi connectivity index (χ1n) is 9.63. The van der Waals surface area contributed by atoms with Gasteiger partial charge in [-0.1, -0.05) is 12.1 Å². The predicted molar refractivity (Wildman–Crippen MR) is 99.4 cm³/mol. The lowest BCUT2D eigenvalue weighted by Gasteiger charge is -2.57. The normalized spacial score (nSPS) is 36.4. The monoisotopic (exact) mass is 397 g/mol. The molecule has 0 radical (unpaired) electrons. The lowest BCUT2D eigenvalue weighted by atomic mass is 9.65. The SMILES string of the molecule is COc1ccc(C[C@H]2[C@@H](O)[C@H]3C[C@]4(CCCN24)CC[C@H]3OP(=O)(O)O)cc1. The number of aliphatic hydroxyl groups excluding tert-OH is 1. The van der Waals surface area contributed by atoms with Crippen LogP contribution in [-0.2, 0) is 15.5 Å². The number of aliphatic hydroxyl groups is 1. The van der Waals surface area contributed by atoms with E-state index in [1.807, 2.05) is 24.3 Å². The Morgan fingerprint density at radius 2 is 2.00 bits per heavy atom. The van der Waals surface area contributed by atoms with E-state index in [-0.39, 0.29) is 17.5 Å². The van der Waals surface area contributed by atoms with E-state index in [2.05, 4.69) is 4.90 Å². The number of rotatable bonds is 5. The Kier molecular flexibility index (Phi) is 5.12. The molecule has 2 heterocycles. The van der Waals surface area contributed by atoms with Gasteiger partial charge in [0.25, 0.3) is 0 Å². The summed E-state index contributed by atoms with van der Waals surface area (Å²) in [5.74, 6) is 0.552. The van der Waals surface area contributed by atoms with Gasteiger partial charge in [-0.3, -0.25) is 9.42 Å². The highest BCUT2D eigenvalue weighted by molar-refractivity contribution is 7.46. The van der Waals surface area contributed by atoms with Crippen molar-refractivity contribution in [2.24, 2.45) is 5.92 Å². The third-order valence-corrected chi connectivity index (χ3v) is 7.29. The van der Waals surface area contributed by atoms with Gasteiger partial charge in [0.2, 0.25) is 0 Å². The molecule has 27 heavy (non-hydrogen) atoms. The zero-order valence-electron chi connectivity index (χ0n) is 15.5. The molecule has 3 N–H and O–H groups in total. The van der Waals surface area contributed by atoms with Crippen molar-refractivity contribution in [2.45, 2.75) is 62.3 Å². The van der Waals surface area contributed by atoms with Gasteiger partial charge in [0.05, 0.1) is 19.3 Å². The minimum absolute atomic E-state index is 0.0375. The summed E-state index contributed by atoms with van der Waals surface area (Å²) < 4.78 is 21.7. The molecule has 2 bridgehead atoms. The third-order valence-electron chi connectivity index (χ3n) is 6.75. The van der Waals surface area contributed by atoms with Gasteiger partial charge in [0.15, 0.2) is 0 Å². The van der Waals surface area contributed by atoms with Gasteiger partial charge in [0, 0.05) is 17.5 Å². The summed E-state index contributed by atoms with van der Waals surface area (Å²) in [6.45, 7) is 0.967. The van der Waals surface area contributed by atoms with Crippen LogP contribution in [0.25, 0.3) is 0 Å². The molecule has 3 fully saturated rings. The van der Waals surface area contributed by atoms with E-state index in [9.17, 15) is 19.5 Å². The van der Waals surface area contributed by atoms with E-state index in [0.29, 0.717) is 12.8 Å². The molecular weight excluding hydrogens is 369 g/mol. The largest absolute Gasteiger partial charge is 0.497 e. The van der Waals surface area contributed by atoms with Crippen molar-refractivity contribution in [3.63, 3.8) is 0 Å². The molecule has 1 spiro atoms. The Hall–Kier alpha value is -0.950. The van der Waals surface area contributed by atoms with E-state index in [1.165, 1.54) is 0 Å². The topological polar surface area (TPSA) is 99.5 Å². The quantitative estimate of drug-likeness (QED) is 0.655. The van der Waals surface area contributed by atoms with Crippen LogP contribution in [0.3, 0.4) is 0 Å². The molecule has 1 saturated carbocycles. The van der Waals surface area contributed by atoms with Crippen LogP contribution in [0.15, 0.2) is 24.3 Å². The maximum atomic E-state index is 11.4. The van der Waals surface area contributed by atoms with Crippen molar-refractivity contribution in [2.75, 3.05) is 13.7 Å². The molecule has 150 valence electrons. The van der Waals surface area contributed by atoms with E-state index in [4.69, 9.17) is 9.26 Å². The number of phosphoric acid groups is 1. The molecule has 2 saturated heterocycles. The van der Waals surface area contributed by atoms with Gasteiger partial charge >= 0.3 is 7.82 Å². The van der Waals surface area contributed by atoms with Crippen LogP contribution in [0.1, 0.15) is 37.7 Å². The molecule has 3 aliphatic rings. The molecule has 1 aliphatic carbocycles. The zero-order chi connectivity index (χ0) is 19.2. The first-order valence-corrected chi connectivity index (χ1v) is 11.2. The van der Waals surface area contributed by atoms with Gasteiger partial charge in [0.1, 0.15) is 5.75 Å². The minimum atomic E-state index is -4.57. The summed E-state index contributed by atoms with van der Waals surface area (Å²) in [5.41, 5.74) is 1.16. The molecule has 8 heteroatoms. The maximum Gasteiger partial charge on any atom is 0.469 e. The number of nitrogens with zero attached hydrogens (tertiary/aromatic N) is 1. The molecule has 1 aromatic rings. The lowest BCUT2D eigenvalue weighted by Crippen LogP contribution is -2.66. The third kappa shape index (κ3) is 3.69. The molecule has 5 atom stereocenters. The summed E-state index contributed by atoms with van der Waals surface area (Å²) in [6, 6.07) is 7.81. The Balaban J connectivity index is 1.59. The van der Waals surface area contributed by atoms with Crippen LogP contribution in [0.5, 0.6) is 5.75 Å². The first-order chi connectivity index (χ1) is 12.8. The average Bonchev–Trinajstić information content (AvgIpc) is 3.03. The number of phosphoric ester groups is 1. The molecule has 7 nitrogen and oxygen atoms in total. The van der Waals surface area contributed by atoms with Crippen molar-refractivity contribution in [3.05, 3.63) is 29.8 Å². The Morgan fingerprint density at radius 1 is 1.26 bits per heavy atom. The number of benzene rings is 1. The van der Waals surface area contributed by atoms with Crippen molar-refractivity contribution < 1.29 is 28.7 Å².